The predicted molar refractivity (Wildman–Crippen MR) is 95.4 cm³/mol. The summed E-state index contributed by atoms with van der Waals surface area (Å²) in [5, 5.41) is 0. The van der Waals surface area contributed by atoms with Gasteiger partial charge in [0.2, 0.25) is 0 Å². The van der Waals surface area contributed by atoms with Gasteiger partial charge in [0, 0.05) is 30.3 Å². The number of rotatable bonds is 3. The summed E-state index contributed by atoms with van der Waals surface area (Å²) in [6, 6.07) is 18.9. The molecule has 0 N–H and O–H groups in total. The van der Waals surface area contributed by atoms with Crippen molar-refractivity contribution < 1.29 is 4.79 Å². The van der Waals surface area contributed by atoms with Crippen LogP contribution in [-0.2, 0) is 12.2 Å². The lowest BCUT2D eigenvalue weighted by Crippen LogP contribution is -2.47. The highest BCUT2D eigenvalue weighted by Gasteiger charge is 2.57. The van der Waals surface area contributed by atoms with E-state index in [1.165, 1.54) is 5.56 Å². The molecule has 4 rings (SSSR count). The minimum atomic E-state index is -0.349. The lowest BCUT2D eigenvalue weighted by Gasteiger charge is -2.38. The molecule has 1 saturated heterocycles. The Labute approximate surface area is 143 Å². The number of carbonyl (C=O) groups excluding carboxylic acids is 1. The van der Waals surface area contributed by atoms with Crippen molar-refractivity contribution in [2.24, 2.45) is 5.92 Å². The summed E-state index contributed by atoms with van der Waals surface area (Å²) in [5.74, 6) is 0.616. The average Bonchev–Trinajstić information content (AvgIpc) is 3.00. The molecule has 0 bridgehead atoms. The van der Waals surface area contributed by atoms with Crippen LogP contribution in [0.25, 0.3) is 0 Å². The van der Waals surface area contributed by atoms with Crippen molar-refractivity contribution in [1.82, 2.24) is 9.80 Å². The Morgan fingerprint density at radius 3 is 2.46 bits per heavy atom. The maximum Gasteiger partial charge on any atom is 0.256 e. The van der Waals surface area contributed by atoms with Gasteiger partial charge in [-0.1, -0.05) is 62.4 Å². The minimum absolute atomic E-state index is 0.183. The van der Waals surface area contributed by atoms with Crippen LogP contribution < -0.4 is 0 Å². The summed E-state index contributed by atoms with van der Waals surface area (Å²) in [5.41, 5.74) is 2.95. The van der Waals surface area contributed by atoms with Crippen LogP contribution in [-0.4, -0.2) is 28.3 Å². The zero-order valence-corrected chi connectivity index (χ0v) is 14.6. The normalized spacial score (nSPS) is 26.1. The molecule has 0 saturated carbocycles. The minimum Gasteiger partial charge on any atom is -0.312 e. The van der Waals surface area contributed by atoms with Crippen LogP contribution in [0, 0.1) is 5.92 Å². The van der Waals surface area contributed by atoms with E-state index in [-0.39, 0.29) is 17.6 Å². The Morgan fingerprint density at radius 2 is 1.75 bits per heavy atom. The molecule has 2 aromatic carbocycles. The van der Waals surface area contributed by atoms with Gasteiger partial charge in [-0.2, -0.15) is 0 Å². The molecule has 2 aliphatic heterocycles. The molecule has 0 aromatic heterocycles. The van der Waals surface area contributed by atoms with Gasteiger partial charge in [0.25, 0.3) is 5.91 Å². The molecule has 2 aromatic rings. The van der Waals surface area contributed by atoms with Gasteiger partial charge in [-0.15, -0.1) is 0 Å². The van der Waals surface area contributed by atoms with Gasteiger partial charge in [0.1, 0.15) is 5.66 Å². The van der Waals surface area contributed by atoms with E-state index in [0.717, 1.165) is 24.2 Å². The number of carbonyl (C=O) groups is 1. The summed E-state index contributed by atoms with van der Waals surface area (Å²) < 4.78 is 0. The van der Waals surface area contributed by atoms with Crippen LogP contribution in [0.15, 0.2) is 54.6 Å². The second-order valence-electron chi connectivity index (χ2n) is 7.42. The van der Waals surface area contributed by atoms with Crippen molar-refractivity contribution in [3.05, 3.63) is 71.3 Å². The Bertz CT molecular complexity index is 770. The SMILES string of the molecule is CC(C)[C@@H]1CN(Cc2ccccc2)[C@@]2(C)c3ccccc3C(=O)N12. The van der Waals surface area contributed by atoms with E-state index in [0.29, 0.717) is 5.92 Å². The lowest BCUT2D eigenvalue weighted by atomic mass is 9.98. The average molecular weight is 320 g/mol. The standard InChI is InChI=1S/C21H24N2O/c1-15(2)19-14-22(13-16-9-5-4-6-10-16)21(3)18-12-8-7-11-17(18)20(24)23(19)21/h4-12,15,19H,13-14H2,1-3H3/t19-,21+/m0/s1. The van der Waals surface area contributed by atoms with E-state index in [4.69, 9.17) is 0 Å². The van der Waals surface area contributed by atoms with Gasteiger partial charge in [-0.05, 0) is 24.5 Å². The maximum atomic E-state index is 13.1. The quantitative estimate of drug-likeness (QED) is 0.857. The molecule has 0 radical (unpaired) electrons. The van der Waals surface area contributed by atoms with E-state index in [9.17, 15) is 4.79 Å². The van der Waals surface area contributed by atoms with Crippen LogP contribution in [0.4, 0.5) is 0 Å². The van der Waals surface area contributed by atoms with Gasteiger partial charge in [-0.25, -0.2) is 0 Å². The molecule has 1 amide bonds. The number of amides is 1. The van der Waals surface area contributed by atoms with E-state index < -0.39 is 0 Å². The number of hydrogen-bond acceptors (Lipinski definition) is 2. The molecule has 3 nitrogen and oxygen atoms in total. The Hall–Kier alpha value is -2.13. The molecule has 24 heavy (non-hydrogen) atoms. The third-order valence-corrected chi connectivity index (χ3v) is 5.70. The van der Waals surface area contributed by atoms with E-state index in [2.05, 4.69) is 60.9 Å². The van der Waals surface area contributed by atoms with Crippen molar-refractivity contribution >= 4 is 5.91 Å². The summed E-state index contributed by atoms with van der Waals surface area (Å²) in [7, 11) is 0. The van der Waals surface area contributed by atoms with Crippen LogP contribution in [0.5, 0.6) is 0 Å². The Morgan fingerprint density at radius 1 is 1.08 bits per heavy atom. The molecule has 1 fully saturated rings. The van der Waals surface area contributed by atoms with Crippen LogP contribution in [0.1, 0.15) is 42.3 Å². The maximum absolute atomic E-state index is 13.1. The number of nitrogens with zero attached hydrogens (tertiary/aromatic N) is 2. The summed E-state index contributed by atoms with van der Waals surface area (Å²) in [4.78, 5) is 17.7. The van der Waals surface area contributed by atoms with Crippen molar-refractivity contribution in [1.29, 1.82) is 0 Å². The fraction of sp³-hybridized carbons (Fsp3) is 0.381. The summed E-state index contributed by atoms with van der Waals surface area (Å²) >= 11 is 0. The van der Waals surface area contributed by atoms with Gasteiger partial charge >= 0.3 is 0 Å². The largest absolute Gasteiger partial charge is 0.312 e. The van der Waals surface area contributed by atoms with Crippen molar-refractivity contribution in [3.63, 3.8) is 0 Å². The van der Waals surface area contributed by atoms with Crippen molar-refractivity contribution in [2.75, 3.05) is 6.54 Å². The van der Waals surface area contributed by atoms with Gasteiger partial charge in [0.05, 0.1) is 0 Å². The van der Waals surface area contributed by atoms with Gasteiger partial charge in [-0.3, -0.25) is 9.69 Å². The molecule has 124 valence electrons. The molecular formula is C21H24N2O. The first-order valence-corrected chi connectivity index (χ1v) is 8.75. The van der Waals surface area contributed by atoms with Crippen LogP contribution in [0.3, 0.4) is 0 Å². The van der Waals surface area contributed by atoms with Gasteiger partial charge < -0.3 is 4.90 Å². The first-order valence-electron chi connectivity index (χ1n) is 8.75. The number of fused-ring (bicyclic) bond motifs is 3. The molecular weight excluding hydrogens is 296 g/mol. The van der Waals surface area contributed by atoms with E-state index in [1.807, 2.05) is 24.3 Å². The summed E-state index contributed by atoms with van der Waals surface area (Å²) in [6.07, 6.45) is 0. The van der Waals surface area contributed by atoms with Crippen LogP contribution >= 0.6 is 0 Å². The number of hydrogen-bond donors (Lipinski definition) is 0. The topological polar surface area (TPSA) is 23.6 Å². The molecule has 2 atom stereocenters. The van der Waals surface area contributed by atoms with Gasteiger partial charge in [0.15, 0.2) is 0 Å². The Balaban J connectivity index is 1.80. The zero-order chi connectivity index (χ0) is 16.9. The third-order valence-electron chi connectivity index (χ3n) is 5.70. The highest BCUT2D eigenvalue weighted by molar-refractivity contribution is 6.00. The highest BCUT2D eigenvalue weighted by atomic mass is 16.2. The molecule has 0 spiro atoms. The molecule has 0 unspecified atom stereocenters. The fourth-order valence-corrected chi connectivity index (χ4v) is 4.35. The van der Waals surface area contributed by atoms with E-state index >= 15 is 0 Å². The first-order chi connectivity index (χ1) is 11.5. The Kier molecular flexibility index (Phi) is 3.50. The zero-order valence-electron chi connectivity index (χ0n) is 14.6. The van der Waals surface area contributed by atoms with Crippen molar-refractivity contribution in [3.8, 4) is 0 Å². The molecule has 0 aliphatic carbocycles. The third kappa shape index (κ3) is 2.04. The monoisotopic (exact) mass is 320 g/mol. The first kappa shape index (κ1) is 15.4. The number of benzene rings is 2. The molecule has 2 aliphatic rings. The lowest BCUT2D eigenvalue weighted by molar-refractivity contribution is 0.0205. The fourth-order valence-electron chi connectivity index (χ4n) is 4.35. The highest BCUT2D eigenvalue weighted by Crippen LogP contribution is 2.48. The van der Waals surface area contributed by atoms with E-state index in [1.54, 1.807) is 0 Å². The smallest absolute Gasteiger partial charge is 0.256 e. The van der Waals surface area contributed by atoms with Crippen LogP contribution in [0.2, 0.25) is 0 Å². The predicted octanol–water partition coefficient (Wildman–Crippen LogP) is 3.86. The van der Waals surface area contributed by atoms with Crippen molar-refractivity contribution in [2.45, 2.75) is 39.0 Å². The second kappa shape index (κ2) is 5.45. The second-order valence-corrected chi connectivity index (χ2v) is 7.42. The molecule has 3 heteroatoms. The summed E-state index contributed by atoms with van der Waals surface area (Å²) in [6.45, 7) is 8.42. The molecule has 2 heterocycles.